The molecule has 1 rings (SSSR count). The normalized spacial score (nSPS) is 14.2. The Bertz CT molecular complexity index is 535. The Balaban J connectivity index is 2.85. The zero-order chi connectivity index (χ0) is 16.8. The van der Waals surface area contributed by atoms with Crippen LogP contribution in [0.5, 0.6) is 0 Å². The van der Waals surface area contributed by atoms with Gasteiger partial charge in [0.25, 0.3) is 0 Å². The van der Waals surface area contributed by atoms with Crippen molar-refractivity contribution in [3.05, 3.63) is 42.5 Å². The smallest absolute Gasteiger partial charge is 0.324 e. The third-order valence-electron chi connectivity index (χ3n) is 3.01. The molecule has 0 heterocycles. The van der Waals surface area contributed by atoms with Gasteiger partial charge in [-0.3, -0.25) is 4.79 Å². The van der Waals surface area contributed by atoms with Gasteiger partial charge < -0.3 is 4.74 Å². The number of rotatable bonds is 7. The van der Waals surface area contributed by atoms with E-state index in [1.54, 1.807) is 6.92 Å². The summed E-state index contributed by atoms with van der Waals surface area (Å²) in [5.74, 6) is -0.405. The number of esters is 1. The minimum atomic E-state index is -1.36. The second-order valence-corrected chi connectivity index (χ2v) is 7.98. The Morgan fingerprint density at radius 1 is 1.32 bits per heavy atom. The molecule has 1 N–H and O–H groups in total. The highest BCUT2D eigenvalue weighted by molar-refractivity contribution is 7.84. The molecule has 22 heavy (non-hydrogen) atoms. The molecule has 1 aromatic rings. The number of ether oxygens (including phenoxy) is 1. The average Bonchev–Trinajstić information content (AvgIpc) is 2.46. The fourth-order valence-electron chi connectivity index (χ4n) is 1.76. The van der Waals surface area contributed by atoms with E-state index >= 15 is 0 Å². The van der Waals surface area contributed by atoms with Gasteiger partial charge in [-0.25, -0.2) is 8.93 Å². The maximum Gasteiger partial charge on any atom is 0.324 e. The van der Waals surface area contributed by atoms with Crippen molar-refractivity contribution in [1.82, 2.24) is 4.72 Å². The van der Waals surface area contributed by atoms with Crippen molar-refractivity contribution >= 4 is 22.5 Å². The van der Waals surface area contributed by atoms with E-state index in [0.29, 0.717) is 6.42 Å². The Morgan fingerprint density at radius 3 is 2.41 bits per heavy atom. The molecule has 0 saturated carbocycles. The predicted molar refractivity (Wildman–Crippen MR) is 91.5 cm³/mol. The molecule has 1 unspecified atom stereocenters. The summed E-state index contributed by atoms with van der Waals surface area (Å²) in [6, 6.07) is 8.96. The van der Waals surface area contributed by atoms with E-state index in [4.69, 9.17) is 4.74 Å². The summed E-state index contributed by atoms with van der Waals surface area (Å²) >= 11 is 0. The van der Waals surface area contributed by atoms with Crippen molar-refractivity contribution in [2.75, 3.05) is 6.61 Å². The Kier molecular flexibility index (Phi) is 6.97. The molecular weight excluding hydrogens is 298 g/mol. The van der Waals surface area contributed by atoms with Crippen LogP contribution in [-0.4, -0.2) is 27.6 Å². The molecule has 0 aliphatic rings. The van der Waals surface area contributed by atoms with Gasteiger partial charge in [-0.15, -0.1) is 0 Å². The van der Waals surface area contributed by atoms with E-state index in [2.05, 4.69) is 11.3 Å². The maximum atomic E-state index is 12.3. The summed E-state index contributed by atoms with van der Waals surface area (Å²) in [6.07, 6.45) is 0.352. The summed E-state index contributed by atoms with van der Waals surface area (Å²) < 4.78 is 19.8. The summed E-state index contributed by atoms with van der Waals surface area (Å²) in [7, 11) is -1.36. The van der Waals surface area contributed by atoms with Crippen LogP contribution in [0.3, 0.4) is 0 Å². The molecule has 0 fully saturated rings. The zero-order valence-electron chi connectivity index (χ0n) is 13.7. The Morgan fingerprint density at radius 2 is 1.91 bits per heavy atom. The lowest BCUT2D eigenvalue weighted by Gasteiger charge is -2.23. The van der Waals surface area contributed by atoms with Gasteiger partial charge in [0, 0.05) is 0 Å². The fourth-order valence-corrected chi connectivity index (χ4v) is 2.55. The lowest BCUT2D eigenvalue weighted by atomic mass is 10.0. The van der Waals surface area contributed by atoms with Crippen LogP contribution in [0.2, 0.25) is 0 Å². The van der Waals surface area contributed by atoms with E-state index in [9.17, 15) is 9.00 Å². The fraction of sp³-hybridized carbons (Fsp3) is 0.471. The maximum absolute atomic E-state index is 12.3. The van der Waals surface area contributed by atoms with Crippen molar-refractivity contribution in [2.45, 2.75) is 44.9 Å². The quantitative estimate of drug-likeness (QED) is 0.785. The monoisotopic (exact) mass is 323 g/mol. The van der Waals surface area contributed by atoms with Crippen LogP contribution in [0.4, 0.5) is 0 Å². The van der Waals surface area contributed by atoms with Gasteiger partial charge in [-0.1, -0.05) is 36.9 Å². The first-order chi connectivity index (χ1) is 10.3. The van der Waals surface area contributed by atoms with Crippen LogP contribution in [0.15, 0.2) is 36.9 Å². The summed E-state index contributed by atoms with van der Waals surface area (Å²) in [6.45, 7) is 11.6. The van der Waals surface area contributed by atoms with E-state index in [0.717, 1.165) is 11.1 Å². The number of hydrogen-bond donors (Lipinski definition) is 1. The van der Waals surface area contributed by atoms with Gasteiger partial charge in [-0.2, -0.15) is 0 Å². The van der Waals surface area contributed by atoms with Crippen LogP contribution in [-0.2, 0) is 20.5 Å². The first-order valence-electron chi connectivity index (χ1n) is 7.33. The average molecular weight is 323 g/mol. The van der Waals surface area contributed by atoms with Gasteiger partial charge in [0.05, 0.1) is 22.3 Å². The van der Waals surface area contributed by atoms with E-state index in [1.807, 2.05) is 51.1 Å². The first-order valence-corrected chi connectivity index (χ1v) is 8.48. The van der Waals surface area contributed by atoms with Crippen molar-refractivity contribution in [3.63, 3.8) is 0 Å². The van der Waals surface area contributed by atoms with Gasteiger partial charge in [0.2, 0.25) is 0 Å². The molecule has 0 aliphatic carbocycles. The lowest BCUT2D eigenvalue weighted by Crippen LogP contribution is -2.44. The highest BCUT2D eigenvalue weighted by atomic mass is 32.2. The van der Waals surface area contributed by atoms with Crippen molar-refractivity contribution < 1.29 is 13.7 Å². The molecule has 0 radical (unpaired) electrons. The minimum Gasteiger partial charge on any atom is -0.465 e. The van der Waals surface area contributed by atoms with E-state index < -0.39 is 27.7 Å². The van der Waals surface area contributed by atoms with Crippen LogP contribution in [0.25, 0.3) is 5.57 Å². The summed E-state index contributed by atoms with van der Waals surface area (Å²) in [5.41, 5.74) is 1.76. The standard InChI is InChI=1S/C17H25NO3S/c1-6-21-16(19)15(18-22(20)17(3,4)5)12-13(2)14-10-8-7-9-11-14/h7-11,15,18H,2,6,12H2,1,3-5H3/t15?,22-/m0/s1. The first kappa shape index (κ1) is 18.6. The number of carbonyl (C=O) groups excluding carboxylic acids is 1. The summed E-state index contributed by atoms with van der Waals surface area (Å²) in [5, 5.41) is 0. The third-order valence-corrected chi connectivity index (χ3v) is 4.62. The molecule has 0 aliphatic heterocycles. The molecule has 0 saturated heterocycles. The number of carbonyl (C=O) groups is 1. The van der Waals surface area contributed by atoms with E-state index in [1.165, 1.54) is 0 Å². The van der Waals surface area contributed by atoms with Crippen LogP contribution in [0.1, 0.15) is 39.7 Å². The second kappa shape index (κ2) is 8.25. The van der Waals surface area contributed by atoms with Crippen LogP contribution in [0, 0.1) is 0 Å². The number of hydrogen-bond acceptors (Lipinski definition) is 3. The minimum absolute atomic E-state index is 0.289. The Labute approximate surface area is 135 Å². The SMILES string of the molecule is C=C(CC(N[S@@](=O)C(C)(C)C)C(=O)OCC)c1ccccc1. The Hall–Kier alpha value is -1.46. The predicted octanol–water partition coefficient (Wildman–Crippen LogP) is 3.07. The van der Waals surface area contributed by atoms with Crippen molar-refractivity contribution in [2.24, 2.45) is 0 Å². The molecular formula is C17H25NO3S. The van der Waals surface area contributed by atoms with Crippen molar-refractivity contribution in [3.8, 4) is 0 Å². The zero-order valence-corrected chi connectivity index (χ0v) is 14.5. The van der Waals surface area contributed by atoms with Crippen LogP contribution >= 0.6 is 0 Å². The largest absolute Gasteiger partial charge is 0.465 e. The van der Waals surface area contributed by atoms with Gasteiger partial charge in [-0.05, 0) is 45.3 Å². The molecule has 1 aromatic carbocycles. The summed E-state index contributed by atoms with van der Waals surface area (Å²) in [4.78, 5) is 12.1. The number of benzene rings is 1. The highest BCUT2D eigenvalue weighted by Crippen LogP contribution is 2.19. The topological polar surface area (TPSA) is 55.4 Å². The molecule has 5 heteroatoms. The van der Waals surface area contributed by atoms with Crippen LogP contribution < -0.4 is 4.72 Å². The molecule has 122 valence electrons. The lowest BCUT2D eigenvalue weighted by molar-refractivity contribution is -0.144. The van der Waals surface area contributed by atoms with Gasteiger partial charge >= 0.3 is 5.97 Å². The van der Waals surface area contributed by atoms with Gasteiger partial charge in [0.15, 0.2) is 0 Å². The molecule has 0 amide bonds. The molecule has 0 aromatic heterocycles. The molecule has 0 spiro atoms. The highest BCUT2D eigenvalue weighted by Gasteiger charge is 2.28. The number of nitrogens with one attached hydrogen (secondary N) is 1. The van der Waals surface area contributed by atoms with Crippen molar-refractivity contribution in [1.29, 1.82) is 0 Å². The molecule has 2 atom stereocenters. The molecule has 0 bridgehead atoms. The van der Waals surface area contributed by atoms with E-state index in [-0.39, 0.29) is 6.61 Å². The second-order valence-electron chi connectivity index (χ2n) is 5.98. The molecule has 4 nitrogen and oxygen atoms in total. The third kappa shape index (κ3) is 5.73. The van der Waals surface area contributed by atoms with Gasteiger partial charge in [0.1, 0.15) is 6.04 Å².